The molecule has 4 N–H and O–H groups in total. The maximum Gasteiger partial charge on any atom is 0.208 e. The summed E-state index contributed by atoms with van der Waals surface area (Å²) >= 11 is 0. The van der Waals surface area contributed by atoms with E-state index in [0.29, 0.717) is 6.07 Å². The lowest BCUT2D eigenvalue weighted by Crippen LogP contribution is -2.28. The molecule has 0 aromatic carbocycles. The quantitative estimate of drug-likeness (QED) is 0.647. The first-order chi connectivity index (χ1) is 7.79. The monoisotopic (exact) mass is 266 g/mol. The van der Waals surface area contributed by atoms with Gasteiger partial charge in [0.1, 0.15) is 0 Å². The van der Waals surface area contributed by atoms with Gasteiger partial charge in [0, 0.05) is 19.2 Å². The van der Waals surface area contributed by atoms with Crippen molar-refractivity contribution in [2.75, 3.05) is 30.4 Å². The highest BCUT2D eigenvalue weighted by atomic mass is 32.2. The highest BCUT2D eigenvalue weighted by Gasteiger charge is 2.09. The highest BCUT2D eigenvalue weighted by molar-refractivity contribution is 7.88. The van der Waals surface area contributed by atoms with Crippen molar-refractivity contribution in [3.8, 4) is 0 Å². The Balaban J connectivity index is 2.55. The number of hydrogen-bond acceptors (Lipinski definition) is 5. The number of anilines is 2. The van der Waals surface area contributed by atoms with Gasteiger partial charge >= 0.3 is 0 Å². The Morgan fingerprint density at radius 1 is 1.35 bits per heavy atom. The van der Waals surface area contributed by atoms with Crippen molar-refractivity contribution in [2.45, 2.75) is 0 Å². The third kappa shape index (κ3) is 4.49. The first-order valence-electron chi connectivity index (χ1n) is 4.59. The summed E-state index contributed by atoms with van der Waals surface area (Å²) in [4.78, 5) is 3.45. The molecule has 0 bridgehead atoms. The zero-order chi connectivity index (χ0) is 13.1. The highest BCUT2D eigenvalue weighted by Crippen LogP contribution is 2.15. The maximum atomic E-state index is 13.1. The lowest BCUT2D eigenvalue weighted by Gasteiger charge is -2.07. The molecular weight excluding hydrogens is 254 g/mol. The van der Waals surface area contributed by atoms with Crippen molar-refractivity contribution in [2.24, 2.45) is 0 Å². The van der Waals surface area contributed by atoms with Crippen molar-refractivity contribution in [1.29, 1.82) is 0 Å². The molecule has 1 aromatic heterocycles. The molecule has 0 saturated carbocycles. The van der Waals surface area contributed by atoms with Crippen molar-refractivity contribution in [3.63, 3.8) is 0 Å². The van der Waals surface area contributed by atoms with Crippen molar-refractivity contribution < 1.29 is 17.2 Å². The van der Waals surface area contributed by atoms with Crippen LogP contribution >= 0.6 is 0 Å². The van der Waals surface area contributed by atoms with Gasteiger partial charge in [-0.1, -0.05) is 0 Å². The van der Waals surface area contributed by atoms with E-state index in [1.54, 1.807) is 0 Å². The van der Waals surface area contributed by atoms with Crippen LogP contribution < -0.4 is 15.8 Å². The standard InChI is InChI=1S/C8H12F2N4O2S/c1-17(15,16)13-3-2-12-8-6(10)4-5(9)7(11)14-8/h4,13H,2-3H2,1H3,(H3,11,12,14). The van der Waals surface area contributed by atoms with E-state index in [0.717, 1.165) is 6.26 Å². The molecule has 0 aliphatic carbocycles. The van der Waals surface area contributed by atoms with Crippen LogP contribution in [0.4, 0.5) is 20.4 Å². The van der Waals surface area contributed by atoms with E-state index in [9.17, 15) is 17.2 Å². The SMILES string of the molecule is CS(=O)(=O)NCCNc1nc(N)c(F)cc1F. The van der Waals surface area contributed by atoms with Crippen LogP contribution in [0.15, 0.2) is 6.07 Å². The largest absolute Gasteiger partial charge is 0.381 e. The van der Waals surface area contributed by atoms with Crippen LogP contribution in [0.5, 0.6) is 0 Å². The first kappa shape index (κ1) is 13.6. The molecule has 0 aliphatic heterocycles. The van der Waals surface area contributed by atoms with Crippen LogP contribution in [0.1, 0.15) is 0 Å². The average molecular weight is 266 g/mol. The molecule has 0 atom stereocenters. The van der Waals surface area contributed by atoms with Gasteiger partial charge in [-0.05, 0) is 0 Å². The summed E-state index contributed by atoms with van der Waals surface area (Å²) in [5.74, 6) is -2.48. The van der Waals surface area contributed by atoms with Gasteiger partial charge in [-0.3, -0.25) is 0 Å². The molecule has 1 aromatic rings. The third-order valence-electron chi connectivity index (χ3n) is 1.74. The second-order valence-corrected chi connectivity index (χ2v) is 5.11. The van der Waals surface area contributed by atoms with Gasteiger partial charge in [0.05, 0.1) is 6.26 Å². The average Bonchev–Trinajstić information content (AvgIpc) is 2.18. The molecule has 0 saturated heterocycles. The minimum atomic E-state index is -3.29. The molecule has 0 amide bonds. The Bertz CT molecular complexity index is 506. The fourth-order valence-electron chi connectivity index (χ4n) is 1.02. The number of hydrogen-bond donors (Lipinski definition) is 3. The molecule has 96 valence electrons. The minimum absolute atomic E-state index is 0.0528. The number of aromatic nitrogens is 1. The summed E-state index contributed by atoms with van der Waals surface area (Å²) in [7, 11) is -3.29. The van der Waals surface area contributed by atoms with E-state index in [4.69, 9.17) is 5.73 Å². The number of nitrogen functional groups attached to an aromatic ring is 1. The fraction of sp³-hybridized carbons (Fsp3) is 0.375. The van der Waals surface area contributed by atoms with Crippen molar-refractivity contribution in [3.05, 3.63) is 17.7 Å². The number of nitrogens with zero attached hydrogens (tertiary/aromatic N) is 1. The minimum Gasteiger partial charge on any atom is -0.381 e. The zero-order valence-corrected chi connectivity index (χ0v) is 9.81. The zero-order valence-electron chi connectivity index (χ0n) is 9.00. The van der Waals surface area contributed by atoms with Gasteiger partial charge in [0.25, 0.3) is 0 Å². The van der Waals surface area contributed by atoms with E-state index < -0.39 is 27.5 Å². The maximum absolute atomic E-state index is 13.1. The summed E-state index contributed by atoms with van der Waals surface area (Å²) in [6.07, 6.45) is 1.00. The molecule has 9 heteroatoms. The Hall–Kier alpha value is -1.48. The van der Waals surface area contributed by atoms with E-state index in [2.05, 4.69) is 15.0 Å². The number of rotatable bonds is 5. The van der Waals surface area contributed by atoms with E-state index in [-0.39, 0.29) is 18.9 Å². The predicted octanol–water partition coefficient (Wildman–Crippen LogP) is -0.0969. The lowest BCUT2D eigenvalue weighted by molar-refractivity contribution is 0.579. The van der Waals surface area contributed by atoms with Crippen LogP contribution in [0.25, 0.3) is 0 Å². The van der Waals surface area contributed by atoms with Crippen LogP contribution in [0.3, 0.4) is 0 Å². The molecule has 0 aliphatic rings. The van der Waals surface area contributed by atoms with Crippen LogP contribution in [0.2, 0.25) is 0 Å². The van der Waals surface area contributed by atoms with Gasteiger partial charge in [-0.25, -0.2) is 26.9 Å². The number of nitrogens with two attached hydrogens (primary N) is 1. The molecular formula is C8H12F2N4O2S. The number of sulfonamides is 1. The van der Waals surface area contributed by atoms with Crippen molar-refractivity contribution >= 4 is 21.7 Å². The molecule has 0 radical (unpaired) electrons. The summed E-state index contributed by atoms with van der Waals surface area (Å²) < 4.78 is 49.5. The fourth-order valence-corrected chi connectivity index (χ4v) is 1.49. The van der Waals surface area contributed by atoms with Gasteiger partial charge in [-0.15, -0.1) is 0 Å². The number of halogens is 2. The molecule has 0 fully saturated rings. The summed E-state index contributed by atoms with van der Waals surface area (Å²) in [5, 5.41) is 2.49. The molecule has 17 heavy (non-hydrogen) atoms. The molecule has 0 spiro atoms. The Labute approximate surface area is 97.3 Å². The van der Waals surface area contributed by atoms with E-state index >= 15 is 0 Å². The van der Waals surface area contributed by atoms with E-state index in [1.807, 2.05) is 0 Å². The van der Waals surface area contributed by atoms with Crippen LogP contribution in [-0.4, -0.2) is 32.7 Å². The topological polar surface area (TPSA) is 97.1 Å². The van der Waals surface area contributed by atoms with Gasteiger partial charge in [0.2, 0.25) is 10.0 Å². The summed E-state index contributed by atoms with van der Waals surface area (Å²) in [6.45, 7) is 0.152. The second kappa shape index (κ2) is 5.23. The van der Waals surface area contributed by atoms with Gasteiger partial charge < -0.3 is 11.1 Å². The molecule has 0 unspecified atom stereocenters. The molecule has 1 heterocycles. The Morgan fingerprint density at radius 3 is 2.59 bits per heavy atom. The molecule has 6 nitrogen and oxygen atoms in total. The van der Waals surface area contributed by atoms with Crippen LogP contribution in [-0.2, 0) is 10.0 Å². The van der Waals surface area contributed by atoms with Crippen LogP contribution in [0, 0.1) is 11.6 Å². The van der Waals surface area contributed by atoms with Gasteiger partial charge in [-0.2, -0.15) is 0 Å². The van der Waals surface area contributed by atoms with Crippen molar-refractivity contribution in [1.82, 2.24) is 9.71 Å². The Kier molecular flexibility index (Phi) is 4.18. The normalized spacial score (nSPS) is 11.5. The Morgan fingerprint density at radius 2 is 2.00 bits per heavy atom. The smallest absolute Gasteiger partial charge is 0.208 e. The predicted molar refractivity (Wildman–Crippen MR) is 59.9 cm³/mol. The first-order valence-corrected chi connectivity index (χ1v) is 6.49. The summed E-state index contributed by atoms with van der Waals surface area (Å²) in [5.41, 5.74) is 5.16. The van der Waals surface area contributed by atoms with Gasteiger partial charge in [0.15, 0.2) is 23.3 Å². The number of pyridine rings is 1. The molecule has 1 rings (SSSR count). The second-order valence-electron chi connectivity index (χ2n) is 3.28. The lowest BCUT2D eigenvalue weighted by atomic mass is 10.4. The third-order valence-corrected chi connectivity index (χ3v) is 2.47. The van der Waals surface area contributed by atoms with E-state index in [1.165, 1.54) is 0 Å². The summed E-state index contributed by atoms with van der Waals surface area (Å²) in [6, 6.07) is 0.606. The number of nitrogens with one attached hydrogen (secondary N) is 2.